The summed E-state index contributed by atoms with van der Waals surface area (Å²) < 4.78 is 21.5. The van der Waals surface area contributed by atoms with Gasteiger partial charge >= 0.3 is 15.2 Å². The van der Waals surface area contributed by atoms with Crippen LogP contribution in [0.2, 0.25) is 0 Å². The van der Waals surface area contributed by atoms with Gasteiger partial charge in [-0.2, -0.15) is 0 Å². The standard InChI is InChI=1S/C6H17N3O7P2.2CH4/c7-1-2-8-6(10)3-9(4-17(11,12)13)5-18(14,15)16;;/h1-5,7H2,(H,8,10)(H2,11,12,13)(H2,14,15,16);2*1H4. The average molecular weight is 337 g/mol. The highest BCUT2D eigenvalue weighted by Gasteiger charge is 2.27. The van der Waals surface area contributed by atoms with E-state index in [1.807, 2.05) is 0 Å². The van der Waals surface area contributed by atoms with Crippen LogP contribution in [0.25, 0.3) is 0 Å². The molecule has 0 aliphatic heterocycles. The van der Waals surface area contributed by atoms with Crippen LogP contribution in [0.15, 0.2) is 0 Å². The summed E-state index contributed by atoms with van der Waals surface area (Å²) >= 11 is 0. The Morgan fingerprint density at radius 1 is 1.05 bits per heavy atom. The molecule has 0 aliphatic carbocycles. The van der Waals surface area contributed by atoms with Crippen LogP contribution in [0.4, 0.5) is 0 Å². The molecule has 0 bridgehead atoms. The smallest absolute Gasteiger partial charge is 0.339 e. The molecule has 0 saturated carbocycles. The highest BCUT2D eigenvalue weighted by Crippen LogP contribution is 2.40. The van der Waals surface area contributed by atoms with Crippen molar-refractivity contribution < 1.29 is 33.5 Å². The molecule has 0 spiro atoms. The number of nitrogens with two attached hydrogens (primary N) is 1. The van der Waals surface area contributed by atoms with Crippen molar-refractivity contribution in [1.82, 2.24) is 10.2 Å². The van der Waals surface area contributed by atoms with Crippen LogP contribution in [0.1, 0.15) is 14.9 Å². The Morgan fingerprint density at radius 2 is 1.45 bits per heavy atom. The minimum absolute atomic E-state index is 0. The van der Waals surface area contributed by atoms with E-state index in [-0.39, 0.29) is 27.9 Å². The van der Waals surface area contributed by atoms with Crippen LogP contribution in [-0.4, -0.2) is 62.6 Å². The van der Waals surface area contributed by atoms with Crippen LogP contribution >= 0.6 is 15.2 Å². The van der Waals surface area contributed by atoms with Gasteiger partial charge in [-0.05, 0) is 0 Å². The summed E-state index contributed by atoms with van der Waals surface area (Å²) in [6.45, 7) is -0.183. The van der Waals surface area contributed by atoms with E-state index in [4.69, 9.17) is 25.3 Å². The number of carbonyl (C=O) groups is 1. The molecule has 0 fully saturated rings. The highest BCUT2D eigenvalue weighted by molar-refractivity contribution is 7.52. The zero-order valence-corrected chi connectivity index (χ0v) is 11.3. The lowest BCUT2D eigenvalue weighted by Crippen LogP contribution is -2.39. The molecule has 20 heavy (non-hydrogen) atoms. The minimum Gasteiger partial charge on any atom is -0.354 e. The molecule has 0 saturated heterocycles. The van der Waals surface area contributed by atoms with Gasteiger partial charge in [0.2, 0.25) is 5.91 Å². The first-order valence-electron chi connectivity index (χ1n) is 4.82. The van der Waals surface area contributed by atoms with E-state index in [9.17, 15) is 13.9 Å². The quantitative estimate of drug-likeness (QED) is 0.301. The summed E-state index contributed by atoms with van der Waals surface area (Å²) in [4.78, 5) is 46.9. The SMILES string of the molecule is C.C.NCCNC(=O)CN(CP(=O)(O)O)CP(=O)(O)O. The van der Waals surface area contributed by atoms with Crippen LogP contribution < -0.4 is 11.1 Å². The zero-order chi connectivity index (χ0) is 14.4. The monoisotopic (exact) mass is 337 g/mol. The summed E-state index contributed by atoms with van der Waals surface area (Å²) in [6.07, 6.45) is -1.82. The van der Waals surface area contributed by atoms with Gasteiger partial charge in [-0.15, -0.1) is 0 Å². The molecular formula is C8H25N3O7P2. The number of amides is 1. The molecule has 7 N–H and O–H groups in total. The lowest BCUT2D eigenvalue weighted by molar-refractivity contribution is -0.121. The summed E-state index contributed by atoms with van der Waals surface area (Å²) in [5.41, 5.74) is 5.13. The fraction of sp³-hybridized carbons (Fsp3) is 0.875. The summed E-state index contributed by atoms with van der Waals surface area (Å²) in [6, 6.07) is 0. The second-order valence-electron chi connectivity index (χ2n) is 3.58. The third-order valence-corrected chi connectivity index (χ3v) is 3.14. The van der Waals surface area contributed by atoms with Gasteiger partial charge in [0.15, 0.2) is 0 Å². The van der Waals surface area contributed by atoms with Crippen LogP contribution in [0.5, 0.6) is 0 Å². The first-order chi connectivity index (χ1) is 8.03. The number of nitrogens with one attached hydrogen (secondary N) is 1. The summed E-state index contributed by atoms with van der Waals surface area (Å²) in [5.74, 6) is -0.623. The Morgan fingerprint density at radius 3 is 1.75 bits per heavy atom. The predicted molar refractivity (Wildman–Crippen MR) is 76.1 cm³/mol. The van der Waals surface area contributed by atoms with Gasteiger partial charge in [-0.3, -0.25) is 18.8 Å². The molecule has 0 atom stereocenters. The normalized spacial score (nSPS) is 11.5. The molecular weight excluding hydrogens is 312 g/mol. The highest BCUT2D eigenvalue weighted by atomic mass is 31.2. The number of hydrogen-bond donors (Lipinski definition) is 6. The number of rotatable bonds is 8. The summed E-state index contributed by atoms with van der Waals surface area (Å²) in [7, 11) is -9.02. The van der Waals surface area contributed by atoms with E-state index in [2.05, 4.69) is 5.32 Å². The van der Waals surface area contributed by atoms with E-state index in [1.54, 1.807) is 0 Å². The van der Waals surface area contributed by atoms with Crippen molar-refractivity contribution >= 4 is 21.1 Å². The van der Waals surface area contributed by atoms with Crippen LogP contribution in [-0.2, 0) is 13.9 Å². The van der Waals surface area contributed by atoms with Gasteiger partial charge in [0, 0.05) is 13.1 Å². The Bertz CT molecular complexity index is 343. The molecule has 0 aliphatic rings. The Hall–Kier alpha value is -0.310. The van der Waals surface area contributed by atoms with Crippen LogP contribution in [0, 0.1) is 0 Å². The molecule has 1 amide bonds. The van der Waals surface area contributed by atoms with Crippen molar-refractivity contribution in [3.8, 4) is 0 Å². The van der Waals surface area contributed by atoms with Gasteiger partial charge < -0.3 is 30.6 Å². The number of hydrogen-bond acceptors (Lipinski definition) is 5. The molecule has 0 rings (SSSR count). The molecule has 0 unspecified atom stereocenters. The first kappa shape index (κ1) is 24.7. The number of carbonyl (C=O) groups excluding carboxylic acids is 1. The predicted octanol–water partition coefficient (Wildman–Crippen LogP) is -1.09. The molecule has 0 aromatic rings. The Balaban J connectivity index is -0.00000144. The van der Waals surface area contributed by atoms with E-state index in [0.717, 1.165) is 0 Å². The topological polar surface area (TPSA) is 173 Å². The van der Waals surface area contributed by atoms with E-state index >= 15 is 0 Å². The molecule has 0 radical (unpaired) electrons. The van der Waals surface area contributed by atoms with Gasteiger partial charge in [-0.25, -0.2) is 0 Å². The largest absolute Gasteiger partial charge is 0.354 e. The molecule has 10 nitrogen and oxygen atoms in total. The third-order valence-electron chi connectivity index (χ3n) is 1.60. The van der Waals surface area contributed by atoms with E-state index in [0.29, 0.717) is 4.90 Å². The van der Waals surface area contributed by atoms with Crippen molar-refractivity contribution in [3.05, 3.63) is 0 Å². The lowest BCUT2D eigenvalue weighted by Gasteiger charge is -2.22. The summed E-state index contributed by atoms with van der Waals surface area (Å²) in [5, 5.41) is 2.32. The van der Waals surface area contributed by atoms with Gasteiger partial charge in [0.25, 0.3) is 0 Å². The molecule has 0 aromatic heterocycles. The Kier molecular flexibility index (Phi) is 12.9. The van der Waals surface area contributed by atoms with Crippen LogP contribution in [0.3, 0.4) is 0 Å². The zero-order valence-electron chi connectivity index (χ0n) is 9.47. The second-order valence-corrected chi connectivity index (χ2v) is 6.80. The number of nitrogens with zero attached hydrogens (tertiary/aromatic N) is 1. The third kappa shape index (κ3) is 15.7. The lowest BCUT2D eigenvalue weighted by atomic mass is 10.5. The van der Waals surface area contributed by atoms with E-state index < -0.39 is 40.2 Å². The van der Waals surface area contributed by atoms with Crippen molar-refractivity contribution in [2.24, 2.45) is 5.73 Å². The maximum absolute atomic E-state index is 11.3. The fourth-order valence-corrected chi connectivity index (χ4v) is 2.74. The molecule has 0 aromatic carbocycles. The average Bonchev–Trinajstić information content (AvgIpc) is 2.08. The molecule has 124 valence electrons. The van der Waals surface area contributed by atoms with Gasteiger partial charge in [0.1, 0.15) is 12.6 Å². The maximum atomic E-state index is 11.3. The molecule has 0 heterocycles. The minimum atomic E-state index is -4.51. The second kappa shape index (κ2) is 10.4. The first-order valence-corrected chi connectivity index (χ1v) is 8.41. The van der Waals surface area contributed by atoms with Crippen molar-refractivity contribution in [2.45, 2.75) is 14.9 Å². The maximum Gasteiger partial charge on any atom is 0.339 e. The van der Waals surface area contributed by atoms with Crippen molar-refractivity contribution in [1.29, 1.82) is 0 Å². The fourth-order valence-electron chi connectivity index (χ4n) is 1.14. The Labute approximate surface area is 118 Å². The van der Waals surface area contributed by atoms with Crippen molar-refractivity contribution in [3.63, 3.8) is 0 Å². The molecule has 12 heteroatoms. The van der Waals surface area contributed by atoms with Crippen molar-refractivity contribution in [2.75, 3.05) is 32.2 Å². The van der Waals surface area contributed by atoms with Gasteiger partial charge in [0.05, 0.1) is 6.54 Å². The van der Waals surface area contributed by atoms with Gasteiger partial charge in [-0.1, -0.05) is 14.9 Å². The van der Waals surface area contributed by atoms with E-state index in [1.165, 1.54) is 0 Å².